The van der Waals surface area contributed by atoms with Gasteiger partial charge in [-0.25, -0.2) is 5.84 Å². The number of nitrogens with two attached hydrogens (primary N) is 1. The van der Waals surface area contributed by atoms with E-state index in [-0.39, 0.29) is 6.01 Å². The fourth-order valence-electron chi connectivity index (χ4n) is 0.844. The second-order valence-corrected chi connectivity index (χ2v) is 3.41. The van der Waals surface area contributed by atoms with Crippen LogP contribution in [0.5, 0.6) is 0 Å². The molecule has 0 radical (unpaired) electrons. The van der Waals surface area contributed by atoms with Crippen LogP contribution in [0.2, 0.25) is 0 Å². The van der Waals surface area contributed by atoms with Crippen LogP contribution < -0.4 is 11.3 Å². The molecule has 1 fully saturated rings. The van der Waals surface area contributed by atoms with E-state index < -0.39 is 0 Å². The van der Waals surface area contributed by atoms with Crippen molar-refractivity contribution in [1.29, 1.82) is 0 Å². The van der Waals surface area contributed by atoms with Gasteiger partial charge in [-0.3, -0.25) is 5.43 Å². The van der Waals surface area contributed by atoms with Crippen molar-refractivity contribution in [3.63, 3.8) is 0 Å². The van der Waals surface area contributed by atoms with E-state index in [1.165, 1.54) is 0 Å². The Morgan fingerprint density at radius 2 is 2.45 bits per heavy atom. The lowest BCUT2D eigenvalue weighted by atomic mass is 10.2. The van der Waals surface area contributed by atoms with E-state index in [9.17, 15) is 0 Å². The van der Waals surface area contributed by atoms with Crippen molar-refractivity contribution in [2.24, 2.45) is 5.84 Å². The number of rotatable bonds is 2. The number of hydrogen-bond acceptors (Lipinski definition) is 6. The van der Waals surface area contributed by atoms with Gasteiger partial charge in [0, 0.05) is 17.4 Å². The van der Waals surface area contributed by atoms with Crippen LogP contribution in [0, 0.1) is 0 Å². The maximum atomic E-state index is 5.07. The van der Waals surface area contributed by atoms with Crippen molar-refractivity contribution in [2.45, 2.75) is 5.92 Å². The predicted molar refractivity (Wildman–Crippen MR) is 42.2 cm³/mol. The number of thioether (sulfide) groups is 1. The third-order valence-electron chi connectivity index (χ3n) is 1.57. The minimum atomic E-state index is 0.289. The number of nitrogen functional groups attached to an aromatic ring is 1. The molecule has 1 aliphatic heterocycles. The molecular formula is C5H8N4OS. The zero-order valence-corrected chi connectivity index (χ0v) is 6.60. The summed E-state index contributed by atoms with van der Waals surface area (Å²) in [5, 5.41) is 3.77. The summed E-state index contributed by atoms with van der Waals surface area (Å²) in [4.78, 5) is 4.02. The van der Waals surface area contributed by atoms with Crippen LogP contribution in [0.15, 0.2) is 4.52 Å². The molecular weight excluding hydrogens is 164 g/mol. The SMILES string of the molecule is NNc1nc(C2CSC2)no1. The molecule has 6 heteroatoms. The van der Waals surface area contributed by atoms with E-state index in [1.807, 2.05) is 11.8 Å². The number of hydrazine groups is 1. The minimum absolute atomic E-state index is 0.289. The largest absolute Gasteiger partial charge is 0.335 e. The first-order valence-corrected chi connectivity index (χ1v) is 4.43. The lowest BCUT2D eigenvalue weighted by Gasteiger charge is -2.20. The normalized spacial score (nSPS) is 17.9. The number of anilines is 1. The molecule has 5 nitrogen and oxygen atoms in total. The highest BCUT2D eigenvalue weighted by Crippen LogP contribution is 2.32. The Kier molecular flexibility index (Phi) is 1.71. The highest BCUT2D eigenvalue weighted by atomic mass is 32.2. The molecule has 2 rings (SSSR count). The Morgan fingerprint density at radius 3 is 2.91 bits per heavy atom. The number of hydrogen-bond donors (Lipinski definition) is 2. The molecule has 0 saturated carbocycles. The summed E-state index contributed by atoms with van der Waals surface area (Å²) in [5.74, 6) is 8.47. The van der Waals surface area contributed by atoms with E-state index in [0.29, 0.717) is 5.92 Å². The maximum Gasteiger partial charge on any atom is 0.335 e. The molecule has 0 aromatic carbocycles. The van der Waals surface area contributed by atoms with Gasteiger partial charge in [0.15, 0.2) is 5.82 Å². The van der Waals surface area contributed by atoms with Gasteiger partial charge in [-0.2, -0.15) is 16.7 Å². The van der Waals surface area contributed by atoms with Gasteiger partial charge >= 0.3 is 6.01 Å². The fraction of sp³-hybridized carbons (Fsp3) is 0.600. The van der Waals surface area contributed by atoms with Gasteiger partial charge in [0.1, 0.15) is 0 Å². The molecule has 3 N–H and O–H groups in total. The van der Waals surface area contributed by atoms with Crippen LogP contribution in [0.1, 0.15) is 11.7 Å². The summed E-state index contributed by atoms with van der Waals surface area (Å²) >= 11 is 1.88. The average Bonchev–Trinajstić information content (AvgIpc) is 2.32. The van der Waals surface area contributed by atoms with Crippen molar-refractivity contribution in [1.82, 2.24) is 10.1 Å². The van der Waals surface area contributed by atoms with Crippen LogP contribution in [0.25, 0.3) is 0 Å². The van der Waals surface area contributed by atoms with Gasteiger partial charge in [0.2, 0.25) is 0 Å². The van der Waals surface area contributed by atoms with E-state index >= 15 is 0 Å². The summed E-state index contributed by atoms with van der Waals surface area (Å²) in [5.41, 5.74) is 2.30. The standard InChI is InChI=1S/C5H8N4OS/c6-8-5-7-4(9-10-5)3-1-11-2-3/h3H,1-2,6H2,(H,7,8,9). The van der Waals surface area contributed by atoms with Crippen LogP contribution in [0.3, 0.4) is 0 Å². The van der Waals surface area contributed by atoms with Crippen molar-refractivity contribution in [3.8, 4) is 0 Å². The first-order valence-electron chi connectivity index (χ1n) is 3.28. The Hall–Kier alpha value is -0.750. The van der Waals surface area contributed by atoms with Gasteiger partial charge in [-0.15, -0.1) is 0 Å². The number of aromatic nitrogens is 2. The monoisotopic (exact) mass is 172 g/mol. The van der Waals surface area contributed by atoms with Gasteiger partial charge in [-0.05, 0) is 0 Å². The topological polar surface area (TPSA) is 77.0 Å². The zero-order chi connectivity index (χ0) is 7.68. The molecule has 2 heterocycles. The van der Waals surface area contributed by atoms with E-state index in [1.54, 1.807) is 0 Å². The fourth-order valence-corrected chi connectivity index (χ4v) is 1.61. The van der Waals surface area contributed by atoms with Gasteiger partial charge in [0.05, 0.1) is 0 Å². The molecule has 0 aliphatic carbocycles. The Labute approximate surface area is 67.7 Å². The van der Waals surface area contributed by atoms with Crippen molar-refractivity contribution in [2.75, 3.05) is 16.9 Å². The van der Waals surface area contributed by atoms with Crippen LogP contribution in [-0.4, -0.2) is 21.6 Å². The second kappa shape index (κ2) is 2.71. The van der Waals surface area contributed by atoms with Crippen LogP contribution >= 0.6 is 11.8 Å². The summed E-state index contributed by atoms with van der Waals surface area (Å²) in [6, 6.07) is 0.289. The Morgan fingerprint density at radius 1 is 1.64 bits per heavy atom. The van der Waals surface area contributed by atoms with Gasteiger partial charge in [0.25, 0.3) is 0 Å². The van der Waals surface area contributed by atoms with Crippen LogP contribution in [0.4, 0.5) is 6.01 Å². The summed E-state index contributed by atoms with van der Waals surface area (Å²) in [6.07, 6.45) is 0. The molecule has 11 heavy (non-hydrogen) atoms. The Balaban J connectivity index is 2.11. The van der Waals surface area contributed by atoms with E-state index in [0.717, 1.165) is 17.3 Å². The summed E-state index contributed by atoms with van der Waals surface area (Å²) < 4.78 is 4.76. The van der Waals surface area contributed by atoms with Crippen molar-refractivity contribution < 1.29 is 4.52 Å². The lowest BCUT2D eigenvalue weighted by Crippen LogP contribution is -2.17. The highest BCUT2D eigenvalue weighted by Gasteiger charge is 2.25. The molecule has 0 unspecified atom stereocenters. The molecule has 1 aromatic rings. The van der Waals surface area contributed by atoms with Gasteiger partial charge < -0.3 is 4.52 Å². The van der Waals surface area contributed by atoms with E-state index in [4.69, 9.17) is 10.4 Å². The Bertz CT molecular complexity index is 246. The molecule has 0 amide bonds. The predicted octanol–water partition coefficient (Wildman–Crippen LogP) is 0.186. The van der Waals surface area contributed by atoms with Crippen molar-refractivity contribution in [3.05, 3.63) is 5.82 Å². The third-order valence-corrected chi connectivity index (χ3v) is 2.84. The first kappa shape index (κ1) is 6.93. The molecule has 1 aliphatic rings. The quantitative estimate of drug-likeness (QED) is 0.489. The summed E-state index contributed by atoms with van der Waals surface area (Å²) in [6.45, 7) is 0. The molecule has 0 bridgehead atoms. The molecule has 0 atom stereocenters. The number of nitrogens with zero attached hydrogens (tertiary/aromatic N) is 2. The number of nitrogens with one attached hydrogen (secondary N) is 1. The summed E-state index contributed by atoms with van der Waals surface area (Å²) in [7, 11) is 0. The van der Waals surface area contributed by atoms with Gasteiger partial charge in [-0.1, -0.05) is 5.16 Å². The highest BCUT2D eigenvalue weighted by molar-refractivity contribution is 8.00. The molecule has 1 saturated heterocycles. The maximum absolute atomic E-state index is 5.07. The minimum Gasteiger partial charge on any atom is -0.314 e. The molecule has 1 aromatic heterocycles. The molecule has 60 valence electrons. The third kappa shape index (κ3) is 1.19. The zero-order valence-electron chi connectivity index (χ0n) is 5.78. The van der Waals surface area contributed by atoms with Crippen LogP contribution in [-0.2, 0) is 0 Å². The van der Waals surface area contributed by atoms with Crippen molar-refractivity contribution >= 4 is 17.8 Å². The van der Waals surface area contributed by atoms with E-state index in [2.05, 4.69) is 15.6 Å². The molecule has 0 spiro atoms. The first-order chi connectivity index (χ1) is 5.40. The lowest BCUT2D eigenvalue weighted by molar-refractivity contribution is 0.419. The second-order valence-electron chi connectivity index (χ2n) is 2.34. The smallest absolute Gasteiger partial charge is 0.314 e. The average molecular weight is 172 g/mol.